The van der Waals surface area contributed by atoms with Gasteiger partial charge in [0.2, 0.25) is 5.91 Å². The third-order valence-corrected chi connectivity index (χ3v) is 4.13. The second kappa shape index (κ2) is 9.37. The molecule has 0 heterocycles. The van der Waals surface area contributed by atoms with Crippen LogP contribution in [0, 0.1) is 0 Å². The van der Waals surface area contributed by atoms with Crippen molar-refractivity contribution in [1.29, 1.82) is 0 Å². The van der Waals surface area contributed by atoms with Crippen LogP contribution in [0.4, 0.5) is 22.7 Å². The Morgan fingerprint density at radius 1 is 0.714 bits per heavy atom. The lowest BCUT2D eigenvalue weighted by molar-refractivity contribution is -0.116. The van der Waals surface area contributed by atoms with Crippen LogP contribution in [-0.4, -0.2) is 11.8 Å². The molecule has 0 aliphatic carbocycles. The van der Waals surface area contributed by atoms with Gasteiger partial charge in [-0.05, 0) is 55.0 Å². The van der Waals surface area contributed by atoms with E-state index in [0.29, 0.717) is 23.4 Å². The Balaban J connectivity index is 1.67. The van der Waals surface area contributed by atoms with Crippen molar-refractivity contribution in [3.05, 3.63) is 84.4 Å². The summed E-state index contributed by atoms with van der Waals surface area (Å²) in [5, 5.41) is 8.98. The van der Waals surface area contributed by atoms with Gasteiger partial charge in [0, 0.05) is 23.5 Å². The molecule has 3 aromatic carbocycles. The fourth-order valence-electron chi connectivity index (χ4n) is 2.75. The van der Waals surface area contributed by atoms with Crippen molar-refractivity contribution in [3.63, 3.8) is 0 Å². The molecule has 5 heteroatoms. The Morgan fingerprint density at radius 2 is 1.32 bits per heavy atom. The second-order valence-electron chi connectivity index (χ2n) is 6.37. The van der Waals surface area contributed by atoms with Crippen LogP contribution in [0.5, 0.6) is 0 Å². The Hall–Kier alpha value is -3.60. The predicted molar refractivity (Wildman–Crippen MR) is 114 cm³/mol. The monoisotopic (exact) mass is 373 g/mol. The third-order valence-electron chi connectivity index (χ3n) is 4.13. The van der Waals surface area contributed by atoms with Crippen LogP contribution in [-0.2, 0) is 4.79 Å². The number of nitrogens with one attached hydrogen (secondary N) is 3. The summed E-state index contributed by atoms with van der Waals surface area (Å²) in [4.78, 5) is 24.6. The lowest BCUT2D eigenvalue weighted by Crippen LogP contribution is -2.17. The standard InChI is InChI=1S/C23H23N3O2/c1-2-8-22(27)26-21-12-7-6-11-20(21)23(28)25-19-15-13-18(14-16-19)24-17-9-4-3-5-10-17/h3-7,9-16,24H,2,8H2,1H3,(H,25,28)(H,26,27). The van der Waals surface area contributed by atoms with Crippen molar-refractivity contribution < 1.29 is 9.59 Å². The van der Waals surface area contributed by atoms with E-state index in [1.54, 1.807) is 24.3 Å². The van der Waals surface area contributed by atoms with Crippen LogP contribution in [0.2, 0.25) is 0 Å². The molecule has 3 rings (SSSR count). The molecular weight excluding hydrogens is 350 g/mol. The lowest BCUT2D eigenvalue weighted by Gasteiger charge is -2.12. The molecular formula is C23H23N3O2. The summed E-state index contributed by atoms with van der Waals surface area (Å²) in [6.45, 7) is 1.94. The molecule has 0 saturated carbocycles. The zero-order valence-corrected chi connectivity index (χ0v) is 15.7. The van der Waals surface area contributed by atoms with Gasteiger partial charge in [0.05, 0.1) is 11.3 Å². The number of hydrogen-bond donors (Lipinski definition) is 3. The predicted octanol–water partition coefficient (Wildman–Crippen LogP) is 5.42. The van der Waals surface area contributed by atoms with E-state index in [4.69, 9.17) is 0 Å². The highest BCUT2D eigenvalue weighted by molar-refractivity contribution is 6.10. The molecule has 0 aromatic heterocycles. The van der Waals surface area contributed by atoms with Crippen molar-refractivity contribution in [2.75, 3.05) is 16.0 Å². The maximum absolute atomic E-state index is 12.7. The first-order valence-corrected chi connectivity index (χ1v) is 9.28. The zero-order chi connectivity index (χ0) is 19.8. The highest BCUT2D eigenvalue weighted by Gasteiger charge is 2.13. The molecule has 0 spiro atoms. The van der Waals surface area contributed by atoms with Crippen LogP contribution in [0.15, 0.2) is 78.9 Å². The summed E-state index contributed by atoms with van der Waals surface area (Å²) in [5.74, 6) is -0.366. The van der Waals surface area contributed by atoms with Crippen LogP contribution >= 0.6 is 0 Å². The van der Waals surface area contributed by atoms with E-state index in [2.05, 4.69) is 16.0 Å². The number of hydrogen-bond acceptors (Lipinski definition) is 3. The van der Waals surface area contributed by atoms with E-state index in [1.165, 1.54) is 0 Å². The first-order valence-electron chi connectivity index (χ1n) is 9.28. The fraction of sp³-hybridized carbons (Fsp3) is 0.130. The third kappa shape index (κ3) is 5.20. The lowest BCUT2D eigenvalue weighted by atomic mass is 10.1. The maximum atomic E-state index is 12.7. The average Bonchev–Trinajstić information content (AvgIpc) is 2.71. The summed E-state index contributed by atoms with van der Waals surface area (Å²) in [7, 11) is 0. The molecule has 3 N–H and O–H groups in total. The van der Waals surface area contributed by atoms with Crippen LogP contribution < -0.4 is 16.0 Å². The van der Waals surface area contributed by atoms with E-state index in [-0.39, 0.29) is 11.8 Å². The number of amides is 2. The Kier molecular flexibility index (Phi) is 6.41. The van der Waals surface area contributed by atoms with Crippen molar-refractivity contribution in [1.82, 2.24) is 0 Å². The molecule has 0 atom stereocenters. The van der Waals surface area contributed by atoms with E-state index < -0.39 is 0 Å². The molecule has 0 unspecified atom stereocenters. The SMILES string of the molecule is CCCC(=O)Nc1ccccc1C(=O)Nc1ccc(Nc2ccccc2)cc1. The van der Waals surface area contributed by atoms with E-state index >= 15 is 0 Å². The molecule has 0 aliphatic heterocycles. The highest BCUT2D eigenvalue weighted by atomic mass is 16.2. The first-order chi connectivity index (χ1) is 13.7. The van der Waals surface area contributed by atoms with Gasteiger partial charge >= 0.3 is 0 Å². The summed E-state index contributed by atoms with van der Waals surface area (Å²) in [6, 6.07) is 24.3. The van der Waals surface area contributed by atoms with Crippen LogP contribution in [0.25, 0.3) is 0 Å². The Bertz CT molecular complexity index is 938. The van der Waals surface area contributed by atoms with Gasteiger partial charge in [0.25, 0.3) is 5.91 Å². The minimum atomic E-state index is -0.267. The number of anilines is 4. The number of rotatable bonds is 7. The topological polar surface area (TPSA) is 70.2 Å². The molecule has 0 fully saturated rings. The normalized spacial score (nSPS) is 10.2. The van der Waals surface area contributed by atoms with Gasteiger partial charge in [0.15, 0.2) is 0 Å². The van der Waals surface area contributed by atoms with Crippen molar-refractivity contribution in [2.24, 2.45) is 0 Å². The molecule has 28 heavy (non-hydrogen) atoms. The van der Waals surface area contributed by atoms with E-state index in [0.717, 1.165) is 17.8 Å². The highest BCUT2D eigenvalue weighted by Crippen LogP contribution is 2.21. The van der Waals surface area contributed by atoms with E-state index in [1.807, 2.05) is 61.5 Å². The van der Waals surface area contributed by atoms with Crippen molar-refractivity contribution in [2.45, 2.75) is 19.8 Å². The van der Waals surface area contributed by atoms with Crippen molar-refractivity contribution in [3.8, 4) is 0 Å². The van der Waals surface area contributed by atoms with Gasteiger partial charge in [-0.2, -0.15) is 0 Å². The number of carbonyl (C=O) groups is 2. The minimum absolute atomic E-state index is 0.0981. The summed E-state index contributed by atoms with van der Waals surface area (Å²) < 4.78 is 0. The average molecular weight is 373 g/mol. The quantitative estimate of drug-likeness (QED) is 0.518. The molecule has 2 amide bonds. The van der Waals surface area contributed by atoms with Gasteiger partial charge in [-0.1, -0.05) is 37.3 Å². The van der Waals surface area contributed by atoms with Crippen LogP contribution in [0.3, 0.4) is 0 Å². The van der Waals surface area contributed by atoms with Crippen molar-refractivity contribution >= 4 is 34.6 Å². The summed E-state index contributed by atoms with van der Waals surface area (Å²) in [5.41, 5.74) is 3.55. The molecule has 0 aliphatic rings. The van der Waals surface area contributed by atoms with Gasteiger partial charge in [-0.25, -0.2) is 0 Å². The molecule has 3 aromatic rings. The Labute approximate surface area is 164 Å². The molecule has 0 saturated heterocycles. The molecule has 0 bridgehead atoms. The smallest absolute Gasteiger partial charge is 0.257 e. The summed E-state index contributed by atoms with van der Waals surface area (Å²) >= 11 is 0. The van der Waals surface area contributed by atoms with Gasteiger partial charge < -0.3 is 16.0 Å². The molecule has 0 radical (unpaired) electrons. The van der Waals surface area contributed by atoms with Gasteiger partial charge in [0.1, 0.15) is 0 Å². The first kappa shape index (κ1) is 19.2. The molecule has 142 valence electrons. The van der Waals surface area contributed by atoms with Gasteiger partial charge in [-0.15, -0.1) is 0 Å². The Morgan fingerprint density at radius 3 is 2.04 bits per heavy atom. The fourth-order valence-corrected chi connectivity index (χ4v) is 2.75. The second-order valence-corrected chi connectivity index (χ2v) is 6.37. The van der Waals surface area contributed by atoms with Gasteiger partial charge in [-0.3, -0.25) is 9.59 Å². The minimum Gasteiger partial charge on any atom is -0.356 e. The van der Waals surface area contributed by atoms with E-state index in [9.17, 15) is 9.59 Å². The summed E-state index contributed by atoms with van der Waals surface area (Å²) in [6.07, 6.45) is 1.18. The van der Waals surface area contributed by atoms with Crippen LogP contribution in [0.1, 0.15) is 30.1 Å². The largest absolute Gasteiger partial charge is 0.356 e. The molecule has 5 nitrogen and oxygen atoms in total. The zero-order valence-electron chi connectivity index (χ0n) is 15.7. The number of benzene rings is 3. The number of carbonyl (C=O) groups excluding carboxylic acids is 2. The maximum Gasteiger partial charge on any atom is 0.257 e. The number of para-hydroxylation sites is 2.